The van der Waals surface area contributed by atoms with Crippen LogP contribution in [0.25, 0.3) is 12.2 Å². The number of hydrogen-bond acceptors (Lipinski definition) is 1. The van der Waals surface area contributed by atoms with Gasteiger partial charge in [-0.15, -0.1) is 0 Å². The van der Waals surface area contributed by atoms with Crippen LogP contribution < -0.4 is 4.43 Å². The third-order valence-corrected chi connectivity index (χ3v) is 5.20. The first-order chi connectivity index (χ1) is 12.0. The van der Waals surface area contributed by atoms with Gasteiger partial charge in [-0.3, -0.25) is 0 Å². The van der Waals surface area contributed by atoms with Crippen molar-refractivity contribution in [3.63, 3.8) is 0 Å². The lowest BCUT2D eigenvalue weighted by molar-refractivity contribution is 0.559. The summed E-state index contributed by atoms with van der Waals surface area (Å²) in [5, 5.41) is 0. The Bertz CT molecular complexity index is 756. The summed E-state index contributed by atoms with van der Waals surface area (Å²) in [5.74, 6) is 1.02. The standard InChI is InChI=1S/C24H34OSi/c1-23(2,3)20-14-10-18(11-15-20)9-12-19-13-16-21(24(4,5)6)17-22(19)25-26(7)8/h9-17,26H,1-8H3/b12-9+. The molecule has 0 saturated heterocycles. The zero-order valence-electron chi connectivity index (χ0n) is 17.7. The van der Waals surface area contributed by atoms with Crippen LogP contribution in [0.2, 0.25) is 13.1 Å². The number of hydrogen-bond donors (Lipinski definition) is 0. The van der Waals surface area contributed by atoms with Gasteiger partial charge in [0, 0.05) is 5.56 Å². The molecule has 1 nitrogen and oxygen atoms in total. The van der Waals surface area contributed by atoms with Crippen molar-refractivity contribution in [2.45, 2.75) is 65.5 Å². The van der Waals surface area contributed by atoms with Crippen LogP contribution in [0.4, 0.5) is 0 Å². The minimum atomic E-state index is -1.16. The van der Waals surface area contributed by atoms with Gasteiger partial charge in [0.25, 0.3) is 0 Å². The van der Waals surface area contributed by atoms with E-state index in [1.165, 1.54) is 16.7 Å². The summed E-state index contributed by atoms with van der Waals surface area (Å²) < 4.78 is 6.22. The molecule has 0 aliphatic rings. The van der Waals surface area contributed by atoms with E-state index in [0.29, 0.717) is 0 Å². The predicted octanol–water partition coefficient (Wildman–Crippen LogP) is 6.81. The van der Waals surface area contributed by atoms with Gasteiger partial charge in [0.15, 0.2) is 0 Å². The van der Waals surface area contributed by atoms with Gasteiger partial charge in [-0.1, -0.05) is 90.1 Å². The van der Waals surface area contributed by atoms with E-state index in [-0.39, 0.29) is 10.8 Å². The van der Waals surface area contributed by atoms with Crippen molar-refractivity contribution in [3.8, 4) is 5.75 Å². The van der Waals surface area contributed by atoms with Crippen molar-refractivity contribution in [1.29, 1.82) is 0 Å². The SMILES string of the molecule is C[SiH](C)Oc1cc(C(C)(C)C)ccc1/C=C/c1ccc(C(C)(C)C)cc1. The minimum Gasteiger partial charge on any atom is -0.547 e. The molecule has 0 N–H and O–H groups in total. The molecule has 0 bridgehead atoms. The molecule has 2 aromatic carbocycles. The molecule has 0 fully saturated rings. The van der Waals surface area contributed by atoms with Crippen molar-refractivity contribution in [2.75, 3.05) is 0 Å². The van der Waals surface area contributed by atoms with Crippen molar-refractivity contribution in [2.24, 2.45) is 0 Å². The second kappa shape index (κ2) is 7.83. The molecule has 0 radical (unpaired) electrons. The summed E-state index contributed by atoms with van der Waals surface area (Å²) >= 11 is 0. The van der Waals surface area contributed by atoms with E-state index in [0.717, 1.165) is 11.3 Å². The molecule has 0 saturated carbocycles. The molecule has 0 atom stereocenters. The Balaban J connectivity index is 2.31. The molecule has 2 aromatic rings. The molecule has 0 unspecified atom stereocenters. The number of rotatable bonds is 4. The average Bonchev–Trinajstić information content (AvgIpc) is 2.51. The lowest BCUT2D eigenvalue weighted by atomic mass is 9.86. The van der Waals surface area contributed by atoms with E-state index in [1.807, 2.05) is 0 Å². The Labute approximate surface area is 161 Å². The van der Waals surface area contributed by atoms with Crippen LogP contribution in [-0.2, 0) is 10.8 Å². The molecule has 0 heterocycles. The first-order valence-corrected chi connectivity index (χ1v) is 12.3. The maximum absolute atomic E-state index is 6.22. The van der Waals surface area contributed by atoms with Gasteiger partial charge in [-0.25, -0.2) is 0 Å². The van der Waals surface area contributed by atoms with Gasteiger partial charge < -0.3 is 4.43 Å². The molecule has 140 valence electrons. The molecule has 2 heteroatoms. The molecule has 0 aliphatic carbocycles. The Morgan fingerprint density at radius 2 is 1.27 bits per heavy atom. The molecule has 0 amide bonds. The van der Waals surface area contributed by atoms with Crippen LogP contribution in [0.1, 0.15) is 63.8 Å². The highest BCUT2D eigenvalue weighted by Gasteiger charge is 2.16. The summed E-state index contributed by atoms with van der Waals surface area (Å²) in [6, 6.07) is 15.5. The first kappa shape index (κ1) is 20.5. The lowest BCUT2D eigenvalue weighted by Gasteiger charge is -2.22. The van der Waals surface area contributed by atoms with Crippen molar-refractivity contribution < 1.29 is 4.43 Å². The van der Waals surface area contributed by atoms with Gasteiger partial charge in [-0.2, -0.15) is 0 Å². The van der Waals surface area contributed by atoms with Gasteiger partial charge in [-0.05, 0) is 46.7 Å². The topological polar surface area (TPSA) is 9.23 Å². The van der Waals surface area contributed by atoms with E-state index in [4.69, 9.17) is 4.43 Å². The Morgan fingerprint density at radius 1 is 0.731 bits per heavy atom. The molecule has 26 heavy (non-hydrogen) atoms. The van der Waals surface area contributed by atoms with Crippen LogP contribution in [-0.4, -0.2) is 9.04 Å². The second-order valence-electron chi connectivity index (χ2n) is 9.37. The highest BCUT2D eigenvalue weighted by Crippen LogP contribution is 2.30. The predicted molar refractivity (Wildman–Crippen MR) is 119 cm³/mol. The summed E-state index contributed by atoms with van der Waals surface area (Å²) in [6.07, 6.45) is 4.35. The van der Waals surface area contributed by atoms with E-state index >= 15 is 0 Å². The van der Waals surface area contributed by atoms with E-state index in [1.54, 1.807) is 0 Å². The fourth-order valence-electron chi connectivity index (χ4n) is 2.77. The van der Waals surface area contributed by atoms with Crippen molar-refractivity contribution in [1.82, 2.24) is 0 Å². The quantitative estimate of drug-likeness (QED) is 0.426. The maximum atomic E-state index is 6.22. The van der Waals surface area contributed by atoms with E-state index < -0.39 is 9.04 Å². The van der Waals surface area contributed by atoms with Crippen LogP contribution in [0.5, 0.6) is 5.75 Å². The fraction of sp³-hybridized carbons (Fsp3) is 0.417. The van der Waals surface area contributed by atoms with E-state index in [9.17, 15) is 0 Å². The van der Waals surface area contributed by atoms with Crippen LogP contribution in [0, 0.1) is 0 Å². The zero-order chi connectivity index (χ0) is 19.5. The molecular formula is C24H34OSi. The highest BCUT2D eigenvalue weighted by atomic mass is 28.3. The Hall–Kier alpha value is -1.80. The number of benzene rings is 2. The molecular weight excluding hydrogens is 332 g/mol. The van der Waals surface area contributed by atoms with Gasteiger partial charge in [0.2, 0.25) is 9.04 Å². The largest absolute Gasteiger partial charge is 0.547 e. The third kappa shape index (κ3) is 5.60. The lowest BCUT2D eigenvalue weighted by Crippen LogP contribution is -2.15. The smallest absolute Gasteiger partial charge is 0.229 e. The Kier molecular flexibility index (Phi) is 6.18. The van der Waals surface area contributed by atoms with Crippen molar-refractivity contribution >= 4 is 21.2 Å². The van der Waals surface area contributed by atoms with Gasteiger partial charge in [0.1, 0.15) is 5.75 Å². The molecule has 0 aromatic heterocycles. The van der Waals surface area contributed by atoms with Crippen molar-refractivity contribution in [3.05, 3.63) is 64.7 Å². The molecule has 0 aliphatic heterocycles. The maximum Gasteiger partial charge on any atom is 0.229 e. The summed E-state index contributed by atoms with van der Waals surface area (Å²) in [6.45, 7) is 17.9. The Morgan fingerprint density at radius 3 is 1.77 bits per heavy atom. The van der Waals surface area contributed by atoms with Crippen LogP contribution in [0.3, 0.4) is 0 Å². The van der Waals surface area contributed by atoms with Gasteiger partial charge >= 0.3 is 0 Å². The van der Waals surface area contributed by atoms with Crippen LogP contribution in [0.15, 0.2) is 42.5 Å². The summed E-state index contributed by atoms with van der Waals surface area (Å²) in [5.41, 5.74) is 5.35. The van der Waals surface area contributed by atoms with E-state index in [2.05, 4.69) is 109 Å². The van der Waals surface area contributed by atoms with Crippen LogP contribution >= 0.6 is 0 Å². The fourth-order valence-corrected chi connectivity index (χ4v) is 3.49. The molecule has 0 spiro atoms. The second-order valence-corrected chi connectivity index (χ2v) is 11.7. The molecule has 2 rings (SSSR count). The summed E-state index contributed by atoms with van der Waals surface area (Å²) in [4.78, 5) is 0. The average molecular weight is 367 g/mol. The normalized spacial score (nSPS) is 12.8. The highest BCUT2D eigenvalue weighted by molar-refractivity contribution is 6.49. The monoisotopic (exact) mass is 366 g/mol. The third-order valence-electron chi connectivity index (χ3n) is 4.47. The minimum absolute atomic E-state index is 0.127. The zero-order valence-corrected chi connectivity index (χ0v) is 18.8. The first-order valence-electron chi connectivity index (χ1n) is 9.56. The van der Waals surface area contributed by atoms with Gasteiger partial charge in [0.05, 0.1) is 0 Å². The summed E-state index contributed by atoms with van der Waals surface area (Å²) in [7, 11) is -1.16.